The van der Waals surface area contributed by atoms with Crippen LogP contribution in [0.15, 0.2) is 12.2 Å². The van der Waals surface area contributed by atoms with Gasteiger partial charge in [-0.1, -0.05) is 12.2 Å². The van der Waals surface area contributed by atoms with Crippen molar-refractivity contribution in [1.82, 2.24) is 0 Å². The van der Waals surface area contributed by atoms with Crippen LogP contribution in [0.3, 0.4) is 0 Å². The number of ketones is 1. The Bertz CT molecular complexity index is 195. The summed E-state index contributed by atoms with van der Waals surface area (Å²) in [7, 11) is 0. The van der Waals surface area contributed by atoms with Gasteiger partial charge in [-0.25, -0.2) is 0 Å². The Morgan fingerprint density at radius 2 is 1.83 bits per heavy atom. The van der Waals surface area contributed by atoms with E-state index in [-0.39, 0.29) is 0 Å². The molecular formula is C11H16O. The Labute approximate surface area is 73.8 Å². The number of hydrogen-bond acceptors (Lipinski definition) is 1. The smallest absolute Gasteiger partial charge is 0.133 e. The van der Waals surface area contributed by atoms with Crippen molar-refractivity contribution in [3.8, 4) is 0 Å². The standard InChI is InChI=1S/C11H16O/c1-8-2-3-9-4-5-11(12)7-10(9)6-8/h9-10H,1-7H2. The summed E-state index contributed by atoms with van der Waals surface area (Å²) in [5.74, 6) is 1.98. The van der Waals surface area contributed by atoms with E-state index in [1.54, 1.807) is 0 Å². The van der Waals surface area contributed by atoms with Crippen molar-refractivity contribution in [3.63, 3.8) is 0 Å². The predicted molar refractivity (Wildman–Crippen MR) is 48.8 cm³/mol. The number of carbonyl (C=O) groups is 1. The van der Waals surface area contributed by atoms with Gasteiger partial charge in [0, 0.05) is 12.8 Å². The number of fused-ring (bicyclic) bond motifs is 1. The summed E-state index contributed by atoms with van der Waals surface area (Å²) in [5.41, 5.74) is 1.37. The maximum absolute atomic E-state index is 11.2. The minimum atomic E-state index is 0.478. The molecule has 66 valence electrons. The molecule has 0 bridgehead atoms. The second kappa shape index (κ2) is 3.04. The van der Waals surface area contributed by atoms with E-state index in [9.17, 15) is 4.79 Å². The van der Waals surface area contributed by atoms with Gasteiger partial charge in [0.15, 0.2) is 0 Å². The van der Waals surface area contributed by atoms with Crippen molar-refractivity contribution in [1.29, 1.82) is 0 Å². The lowest BCUT2D eigenvalue weighted by atomic mass is 9.69. The third-order valence-corrected chi connectivity index (χ3v) is 3.37. The maximum Gasteiger partial charge on any atom is 0.133 e. The fourth-order valence-electron chi connectivity index (χ4n) is 2.62. The summed E-state index contributed by atoms with van der Waals surface area (Å²) in [4.78, 5) is 11.2. The molecule has 2 saturated carbocycles. The van der Waals surface area contributed by atoms with Crippen LogP contribution in [0.1, 0.15) is 38.5 Å². The van der Waals surface area contributed by atoms with Gasteiger partial charge in [-0.3, -0.25) is 4.79 Å². The van der Waals surface area contributed by atoms with Gasteiger partial charge in [-0.2, -0.15) is 0 Å². The molecular weight excluding hydrogens is 148 g/mol. The Kier molecular flexibility index (Phi) is 2.03. The van der Waals surface area contributed by atoms with Crippen LogP contribution in [0.4, 0.5) is 0 Å². The molecule has 0 aromatic rings. The molecule has 2 fully saturated rings. The number of hydrogen-bond donors (Lipinski definition) is 0. The minimum Gasteiger partial charge on any atom is -0.300 e. The first-order valence-electron chi connectivity index (χ1n) is 4.94. The van der Waals surface area contributed by atoms with Crippen LogP contribution in [0.25, 0.3) is 0 Å². The van der Waals surface area contributed by atoms with Crippen molar-refractivity contribution < 1.29 is 4.79 Å². The molecule has 2 aliphatic rings. The molecule has 0 aromatic heterocycles. The average molecular weight is 164 g/mol. The average Bonchev–Trinajstić information content (AvgIpc) is 2.03. The van der Waals surface area contributed by atoms with Crippen LogP contribution in [-0.4, -0.2) is 5.78 Å². The third kappa shape index (κ3) is 1.45. The third-order valence-electron chi connectivity index (χ3n) is 3.37. The molecule has 0 aromatic carbocycles. The predicted octanol–water partition coefficient (Wildman–Crippen LogP) is 2.71. The van der Waals surface area contributed by atoms with Crippen LogP contribution in [0.5, 0.6) is 0 Å². The molecule has 2 atom stereocenters. The zero-order chi connectivity index (χ0) is 8.55. The second-order valence-corrected chi connectivity index (χ2v) is 4.29. The lowest BCUT2D eigenvalue weighted by molar-refractivity contribution is -0.122. The van der Waals surface area contributed by atoms with Gasteiger partial charge in [0.05, 0.1) is 0 Å². The molecule has 2 unspecified atom stereocenters. The summed E-state index contributed by atoms with van der Waals surface area (Å²) in [5, 5.41) is 0. The van der Waals surface area contributed by atoms with Gasteiger partial charge in [0.2, 0.25) is 0 Å². The fourth-order valence-corrected chi connectivity index (χ4v) is 2.62. The highest BCUT2D eigenvalue weighted by Crippen LogP contribution is 2.40. The second-order valence-electron chi connectivity index (χ2n) is 4.29. The molecule has 0 amide bonds. The number of carbonyl (C=O) groups excluding carboxylic acids is 1. The van der Waals surface area contributed by atoms with Crippen LogP contribution >= 0.6 is 0 Å². The molecule has 2 rings (SSSR count). The summed E-state index contributed by atoms with van der Waals surface area (Å²) >= 11 is 0. The van der Waals surface area contributed by atoms with Gasteiger partial charge >= 0.3 is 0 Å². The first-order chi connectivity index (χ1) is 5.75. The van der Waals surface area contributed by atoms with E-state index >= 15 is 0 Å². The van der Waals surface area contributed by atoms with E-state index in [1.165, 1.54) is 18.4 Å². The molecule has 0 N–H and O–H groups in total. The van der Waals surface area contributed by atoms with Crippen LogP contribution < -0.4 is 0 Å². The Morgan fingerprint density at radius 3 is 2.67 bits per heavy atom. The van der Waals surface area contributed by atoms with Crippen molar-refractivity contribution >= 4 is 5.78 Å². The first kappa shape index (κ1) is 8.03. The Balaban J connectivity index is 2.03. The van der Waals surface area contributed by atoms with E-state index < -0.39 is 0 Å². The molecule has 1 nitrogen and oxygen atoms in total. The van der Waals surface area contributed by atoms with E-state index in [1.807, 2.05) is 0 Å². The molecule has 1 heteroatoms. The highest BCUT2D eigenvalue weighted by atomic mass is 16.1. The van der Waals surface area contributed by atoms with Crippen molar-refractivity contribution in [2.45, 2.75) is 38.5 Å². The SMILES string of the molecule is C=C1CCC2CCC(=O)CC2C1. The molecule has 0 saturated heterocycles. The molecule has 0 aliphatic heterocycles. The molecule has 0 radical (unpaired) electrons. The maximum atomic E-state index is 11.2. The first-order valence-corrected chi connectivity index (χ1v) is 4.94. The zero-order valence-corrected chi connectivity index (χ0v) is 7.51. The minimum absolute atomic E-state index is 0.478. The lowest BCUT2D eigenvalue weighted by Crippen LogP contribution is -2.28. The zero-order valence-electron chi connectivity index (χ0n) is 7.51. The van der Waals surface area contributed by atoms with Gasteiger partial charge in [-0.15, -0.1) is 0 Å². The van der Waals surface area contributed by atoms with Crippen molar-refractivity contribution in [3.05, 3.63) is 12.2 Å². The van der Waals surface area contributed by atoms with E-state index in [4.69, 9.17) is 0 Å². The van der Waals surface area contributed by atoms with Gasteiger partial charge in [0.25, 0.3) is 0 Å². The topological polar surface area (TPSA) is 17.1 Å². The lowest BCUT2D eigenvalue weighted by Gasteiger charge is -2.35. The summed E-state index contributed by atoms with van der Waals surface area (Å²) in [6.07, 6.45) is 6.44. The Morgan fingerprint density at radius 1 is 1.08 bits per heavy atom. The fraction of sp³-hybridized carbons (Fsp3) is 0.727. The molecule has 12 heavy (non-hydrogen) atoms. The van der Waals surface area contributed by atoms with E-state index in [0.717, 1.165) is 31.6 Å². The highest BCUT2D eigenvalue weighted by Gasteiger charge is 2.31. The number of allylic oxidation sites excluding steroid dienone is 1. The Hall–Kier alpha value is -0.590. The summed E-state index contributed by atoms with van der Waals surface area (Å²) < 4.78 is 0. The van der Waals surface area contributed by atoms with Gasteiger partial charge in [-0.05, 0) is 37.5 Å². The van der Waals surface area contributed by atoms with Crippen LogP contribution in [0.2, 0.25) is 0 Å². The molecule has 0 heterocycles. The van der Waals surface area contributed by atoms with Gasteiger partial charge < -0.3 is 0 Å². The van der Waals surface area contributed by atoms with Gasteiger partial charge in [0.1, 0.15) is 5.78 Å². The summed E-state index contributed by atoms with van der Waals surface area (Å²) in [6.45, 7) is 4.02. The largest absolute Gasteiger partial charge is 0.300 e. The van der Waals surface area contributed by atoms with E-state index in [0.29, 0.717) is 11.7 Å². The highest BCUT2D eigenvalue weighted by molar-refractivity contribution is 5.79. The van der Waals surface area contributed by atoms with Crippen molar-refractivity contribution in [2.75, 3.05) is 0 Å². The van der Waals surface area contributed by atoms with Crippen LogP contribution in [-0.2, 0) is 4.79 Å². The quantitative estimate of drug-likeness (QED) is 0.503. The molecule has 2 aliphatic carbocycles. The van der Waals surface area contributed by atoms with Crippen molar-refractivity contribution in [2.24, 2.45) is 11.8 Å². The normalized spacial score (nSPS) is 36.3. The number of rotatable bonds is 0. The monoisotopic (exact) mass is 164 g/mol. The number of Topliss-reactive ketones (excluding diaryl/α,β-unsaturated/α-hetero) is 1. The van der Waals surface area contributed by atoms with E-state index in [2.05, 4.69) is 6.58 Å². The summed E-state index contributed by atoms with van der Waals surface area (Å²) in [6, 6.07) is 0. The van der Waals surface area contributed by atoms with Crippen LogP contribution in [0, 0.1) is 11.8 Å². The molecule has 0 spiro atoms.